The van der Waals surface area contributed by atoms with Crippen LogP contribution in [0, 0.1) is 11.8 Å². The summed E-state index contributed by atoms with van der Waals surface area (Å²) in [6, 6.07) is 1.14. The van der Waals surface area contributed by atoms with E-state index in [1.165, 1.54) is 19.3 Å². The lowest BCUT2D eigenvalue weighted by Crippen LogP contribution is -2.51. The number of nitrogens with zero attached hydrogens (tertiary/aromatic N) is 1. The molecule has 0 aromatic heterocycles. The average molecular weight is 314 g/mol. The SMILES string of the molecule is C[C@@H]1[C@H](C)CCC[C@H]1NC1CCN(S(=O)(=O)C2CC2)CC1. The third-order valence-corrected chi connectivity index (χ3v) is 8.31. The van der Waals surface area contributed by atoms with Gasteiger partial charge in [-0.15, -0.1) is 0 Å². The van der Waals surface area contributed by atoms with E-state index in [1.54, 1.807) is 4.31 Å². The zero-order chi connectivity index (χ0) is 15.0. The molecule has 0 unspecified atom stereocenters. The highest BCUT2D eigenvalue weighted by atomic mass is 32.2. The molecule has 0 bridgehead atoms. The van der Waals surface area contributed by atoms with E-state index in [-0.39, 0.29) is 5.25 Å². The molecule has 1 aliphatic heterocycles. The van der Waals surface area contributed by atoms with Crippen LogP contribution in [0.15, 0.2) is 0 Å². The van der Waals surface area contributed by atoms with Gasteiger partial charge in [0.15, 0.2) is 0 Å². The number of nitrogens with one attached hydrogen (secondary N) is 1. The Kier molecular flexibility index (Phi) is 4.63. The minimum absolute atomic E-state index is 0.0544. The van der Waals surface area contributed by atoms with Crippen LogP contribution < -0.4 is 5.32 Å². The van der Waals surface area contributed by atoms with Crippen LogP contribution in [-0.2, 0) is 10.0 Å². The van der Waals surface area contributed by atoms with E-state index >= 15 is 0 Å². The van der Waals surface area contributed by atoms with Crippen LogP contribution in [0.2, 0.25) is 0 Å². The first-order valence-corrected chi connectivity index (χ1v) is 10.2. The van der Waals surface area contributed by atoms with Gasteiger partial charge in [-0.25, -0.2) is 12.7 Å². The number of hydrogen-bond donors (Lipinski definition) is 1. The molecule has 4 nitrogen and oxygen atoms in total. The molecule has 0 spiro atoms. The van der Waals surface area contributed by atoms with Gasteiger partial charge in [0.1, 0.15) is 0 Å². The summed E-state index contributed by atoms with van der Waals surface area (Å²) in [6.45, 7) is 6.16. The fourth-order valence-electron chi connectivity index (χ4n) is 3.97. The summed E-state index contributed by atoms with van der Waals surface area (Å²) in [5.41, 5.74) is 0. The first kappa shape index (κ1) is 15.8. The Bertz CT molecular complexity index is 453. The highest BCUT2D eigenvalue weighted by Gasteiger charge is 2.41. The smallest absolute Gasteiger partial charge is 0.216 e. The van der Waals surface area contributed by atoms with Gasteiger partial charge in [-0.3, -0.25) is 0 Å². The van der Waals surface area contributed by atoms with E-state index < -0.39 is 10.0 Å². The summed E-state index contributed by atoms with van der Waals surface area (Å²) in [5.74, 6) is 1.55. The molecule has 3 aliphatic rings. The maximum atomic E-state index is 12.2. The monoisotopic (exact) mass is 314 g/mol. The van der Waals surface area contributed by atoms with Gasteiger partial charge >= 0.3 is 0 Å². The van der Waals surface area contributed by atoms with Gasteiger partial charge in [-0.05, 0) is 43.9 Å². The normalized spacial score (nSPS) is 36.8. The van der Waals surface area contributed by atoms with E-state index in [0.717, 1.165) is 37.5 Å². The van der Waals surface area contributed by atoms with Gasteiger partial charge in [0.25, 0.3) is 0 Å². The van der Waals surface area contributed by atoms with E-state index in [4.69, 9.17) is 0 Å². The lowest BCUT2D eigenvalue weighted by molar-refractivity contribution is 0.174. The molecule has 0 aromatic carbocycles. The van der Waals surface area contributed by atoms with Crippen LogP contribution in [0.5, 0.6) is 0 Å². The van der Waals surface area contributed by atoms with Gasteiger partial charge in [-0.2, -0.15) is 0 Å². The molecule has 21 heavy (non-hydrogen) atoms. The number of piperidine rings is 1. The minimum Gasteiger partial charge on any atom is -0.311 e. The summed E-state index contributed by atoms with van der Waals surface area (Å²) in [6.07, 6.45) is 7.67. The second-order valence-corrected chi connectivity index (χ2v) is 9.67. The summed E-state index contributed by atoms with van der Waals surface area (Å²) >= 11 is 0. The number of sulfonamides is 1. The van der Waals surface area contributed by atoms with Crippen molar-refractivity contribution in [3.05, 3.63) is 0 Å². The highest BCUT2D eigenvalue weighted by molar-refractivity contribution is 7.90. The fraction of sp³-hybridized carbons (Fsp3) is 1.00. The molecule has 1 N–H and O–H groups in total. The van der Waals surface area contributed by atoms with Crippen LogP contribution in [0.1, 0.15) is 58.8 Å². The van der Waals surface area contributed by atoms with Crippen molar-refractivity contribution in [3.8, 4) is 0 Å². The molecule has 0 radical (unpaired) electrons. The van der Waals surface area contributed by atoms with Crippen LogP contribution in [0.3, 0.4) is 0 Å². The molecule has 122 valence electrons. The molecule has 3 rings (SSSR count). The van der Waals surface area contributed by atoms with E-state index in [0.29, 0.717) is 25.2 Å². The zero-order valence-corrected chi connectivity index (χ0v) is 14.2. The van der Waals surface area contributed by atoms with Crippen molar-refractivity contribution in [1.82, 2.24) is 9.62 Å². The molecule has 0 amide bonds. The van der Waals surface area contributed by atoms with Gasteiger partial charge in [-0.1, -0.05) is 26.7 Å². The first-order chi connectivity index (χ1) is 9.98. The summed E-state index contributed by atoms with van der Waals surface area (Å²) in [7, 11) is -2.96. The highest BCUT2D eigenvalue weighted by Crippen LogP contribution is 2.33. The van der Waals surface area contributed by atoms with Crippen molar-refractivity contribution in [2.75, 3.05) is 13.1 Å². The van der Waals surface area contributed by atoms with Gasteiger partial charge < -0.3 is 5.32 Å². The second-order valence-electron chi connectivity index (χ2n) is 7.46. The average Bonchev–Trinajstić information content (AvgIpc) is 3.29. The van der Waals surface area contributed by atoms with Gasteiger partial charge in [0.05, 0.1) is 5.25 Å². The number of rotatable bonds is 4. The van der Waals surface area contributed by atoms with Gasteiger partial charge in [0.2, 0.25) is 10.0 Å². The number of hydrogen-bond acceptors (Lipinski definition) is 3. The van der Waals surface area contributed by atoms with E-state index in [2.05, 4.69) is 19.2 Å². The van der Waals surface area contributed by atoms with Crippen LogP contribution in [0.4, 0.5) is 0 Å². The van der Waals surface area contributed by atoms with Crippen molar-refractivity contribution in [2.45, 2.75) is 76.1 Å². The molecule has 3 atom stereocenters. The molecule has 2 aliphatic carbocycles. The molecule has 2 saturated carbocycles. The Morgan fingerprint density at radius 3 is 2.24 bits per heavy atom. The minimum atomic E-state index is -2.96. The quantitative estimate of drug-likeness (QED) is 0.866. The Hall–Kier alpha value is -0.130. The van der Waals surface area contributed by atoms with Crippen LogP contribution >= 0.6 is 0 Å². The summed E-state index contributed by atoms with van der Waals surface area (Å²) in [4.78, 5) is 0. The maximum absolute atomic E-state index is 12.2. The molecule has 1 heterocycles. The molecular formula is C16H30N2O2S. The predicted octanol–water partition coefficient (Wildman–Crippen LogP) is 2.36. The molecule has 1 saturated heterocycles. The fourth-order valence-corrected chi connectivity index (χ4v) is 5.85. The van der Waals surface area contributed by atoms with Crippen molar-refractivity contribution in [1.29, 1.82) is 0 Å². The lowest BCUT2D eigenvalue weighted by Gasteiger charge is -2.39. The first-order valence-electron chi connectivity index (χ1n) is 8.73. The Morgan fingerprint density at radius 1 is 0.952 bits per heavy atom. The van der Waals surface area contributed by atoms with Crippen LogP contribution in [0.25, 0.3) is 0 Å². The topological polar surface area (TPSA) is 49.4 Å². The standard InChI is InChI=1S/C16H30N2O2S/c1-12-4-3-5-16(13(12)2)17-14-8-10-18(11-9-14)21(19,20)15-6-7-15/h12-17H,3-11H2,1-2H3/t12-,13-,16-/m1/s1. The summed E-state index contributed by atoms with van der Waals surface area (Å²) < 4.78 is 26.2. The van der Waals surface area contributed by atoms with Crippen molar-refractivity contribution < 1.29 is 8.42 Å². The summed E-state index contributed by atoms with van der Waals surface area (Å²) in [5, 5.41) is 3.78. The maximum Gasteiger partial charge on any atom is 0.216 e. The largest absolute Gasteiger partial charge is 0.311 e. The van der Waals surface area contributed by atoms with Crippen molar-refractivity contribution >= 4 is 10.0 Å². The second kappa shape index (κ2) is 6.17. The third kappa shape index (κ3) is 3.45. The van der Waals surface area contributed by atoms with Crippen molar-refractivity contribution in [3.63, 3.8) is 0 Å². The third-order valence-electron chi connectivity index (χ3n) is 5.92. The van der Waals surface area contributed by atoms with Crippen molar-refractivity contribution in [2.24, 2.45) is 11.8 Å². The molecule has 0 aromatic rings. The Labute approximate surface area is 129 Å². The molecule has 3 fully saturated rings. The predicted molar refractivity (Wildman–Crippen MR) is 85.6 cm³/mol. The Balaban J connectivity index is 1.49. The van der Waals surface area contributed by atoms with Crippen LogP contribution in [-0.4, -0.2) is 43.1 Å². The van der Waals surface area contributed by atoms with E-state index in [1.807, 2.05) is 0 Å². The molecular weight excluding hydrogens is 284 g/mol. The molecule has 5 heteroatoms. The van der Waals surface area contributed by atoms with Gasteiger partial charge in [0, 0.05) is 25.2 Å². The zero-order valence-electron chi connectivity index (χ0n) is 13.4. The lowest BCUT2D eigenvalue weighted by atomic mass is 9.77. The van der Waals surface area contributed by atoms with E-state index in [9.17, 15) is 8.42 Å². The Morgan fingerprint density at radius 2 is 1.62 bits per heavy atom.